The summed E-state index contributed by atoms with van der Waals surface area (Å²) in [7, 11) is 0. The first-order valence-electron chi connectivity index (χ1n) is 2.37. The topological polar surface area (TPSA) is 128 Å². The van der Waals surface area contributed by atoms with Crippen LogP contribution in [-0.2, 0) is 9.59 Å². The van der Waals surface area contributed by atoms with E-state index in [0.29, 0.717) is 13.1 Å². The summed E-state index contributed by atoms with van der Waals surface area (Å²) in [4.78, 5) is 20.5. The number of hydrogen-bond donors (Lipinski definition) is 4. The predicted molar refractivity (Wildman–Crippen MR) is 36.1 cm³/mol. The van der Waals surface area contributed by atoms with Gasteiger partial charge < -0.3 is 22.9 Å². The van der Waals surface area contributed by atoms with Crippen LogP contribution in [-0.4, -0.2) is 24.9 Å². The quantitative estimate of drug-likeness (QED) is 0.313. The second-order valence-electron chi connectivity index (χ2n) is 1.51. The van der Waals surface area contributed by atoms with E-state index in [2.05, 4.69) is 10.6 Å². The van der Waals surface area contributed by atoms with Gasteiger partial charge >= 0.3 is 11.8 Å². The normalized spacial score (nSPS) is 15.6. The van der Waals surface area contributed by atoms with Crippen LogP contribution >= 0.6 is 0 Å². The summed E-state index contributed by atoms with van der Waals surface area (Å²) < 4.78 is 0. The molecule has 0 bridgehead atoms. The minimum atomic E-state index is -0.531. The number of hydrogen-bond acceptors (Lipinski definition) is 4. The van der Waals surface area contributed by atoms with Crippen molar-refractivity contribution in [2.45, 2.75) is 0 Å². The summed E-state index contributed by atoms with van der Waals surface area (Å²) in [5.74, 6) is -1.06. The summed E-state index contributed by atoms with van der Waals surface area (Å²) in [5, 5.41) is 4.76. The molecule has 0 aromatic carbocycles. The lowest BCUT2D eigenvalue weighted by atomic mass is 10.4. The molecule has 0 aromatic rings. The van der Waals surface area contributed by atoms with Gasteiger partial charge in [-0.1, -0.05) is 0 Å². The molecule has 2 amide bonds. The third-order valence-corrected chi connectivity index (χ3v) is 0.902. The fraction of sp³-hybridized carbons (Fsp3) is 0.500. The molecule has 1 saturated heterocycles. The zero-order valence-electron chi connectivity index (χ0n) is 5.64. The lowest BCUT2D eigenvalue weighted by molar-refractivity contribution is -0.140. The van der Waals surface area contributed by atoms with Gasteiger partial charge in [0.1, 0.15) is 0 Å². The van der Waals surface area contributed by atoms with Crippen LogP contribution in [0.1, 0.15) is 0 Å². The fourth-order valence-electron chi connectivity index (χ4n) is 0.513. The standard InChI is InChI=1S/C4H6N2O2.2H3N/c7-3-4(8)6-2-1-5-3;;/h1-2H2,(H,5,7)(H,6,8);2*1H3. The van der Waals surface area contributed by atoms with Gasteiger partial charge in [-0.25, -0.2) is 0 Å². The van der Waals surface area contributed by atoms with Crippen molar-refractivity contribution in [2.75, 3.05) is 13.1 Å². The minimum absolute atomic E-state index is 0. The summed E-state index contributed by atoms with van der Waals surface area (Å²) in [6.45, 7) is 1.09. The van der Waals surface area contributed by atoms with Crippen LogP contribution in [0, 0.1) is 0 Å². The van der Waals surface area contributed by atoms with Crippen molar-refractivity contribution in [1.82, 2.24) is 22.9 Å². The molecule has 0 radical (unpaired) electrons. The van der Waals surface area contributed by atoms with E-state index in [9.17, 15) is 9.59 Å². The number of carbonyl (C=O) groups excluding carboxylic acids is 2. The number of rotatable bonds is 0. The van der Waals surface area contributed by atoms with E-state index in [-0.39, 0.29) is 12.3 Å². The van der Waals surface area contributed by atoms with Crippen molar-refractivity contribution in [3.8, 4) is 0 Å². The molecule has 1 heterocycles. The molecule has 0 aromatic heterocycles. The lowest BCUT2D eigenvalue weighted by Crippen LogP contribution is -2.49. The van der Waals surface area contributed by atoms with Crippen LogP contribution in [0.15, 0.2) is 0 Å². The van der Waals surface area contributed by atoms with Crippen molar-refractivity contribution in [1.29, 1.82) is 0 Å². The number of amides is 2. The first-order chi connectivity index (χ1) is 3.80. The molecular weight excluding hydrogens is 136 g/mol. The molecule has 6 heteroatoms. The van der Waals surface area contributed by atoms with Crippen LogP contribution in [0.2, 0.25) is 0 Å². The summed E-state index contributed by atoms with van der Waals surface area (Å²) >= 11 is 0. The Balaban J connectivity index is 0. The average molecular weight is 148 g/mol. The number of piperazine rings is 1. The lowest BCUT2D eigenvalue weighted by Gasteiger charge is -2.10. The van der Waals surface area contributed by atoms with Crippen molar-refractivity contribution < 1.29 is 9.59 Å². The Morgan fingerprint density at radius 3 is 1.40 bits per heavy atom. The van der Waals surface area contributed by atoms with Gasteiger partial charge in [0, 0.05) is 13.1 Å². The Bertz CT molecular complexity index is 119. The van der Waals surface area contributed by atoms with Crippen molar-refractivity contribution in [2.24, 2.45) is 0 Å². The summed E-state index contributed by atoms with van der Waals surface area (Å²) in [6, 6.07) is 0. The maximum absolute atomic E-state index is 10.3. The SMILES string of the molecule is N.N.O=C1NCCNC1=O. The van der Waals surface area contributed by atoms with Gasteiger partial charge in [-0.05, 0) is 0 Å². The highest BCUT2D eigenvalue weighted by molar-refractivity contribution is 6.35. The van der Waals surface area contributed by atoms with Gasteiger partial charge in [-0.15, -0.1) is 0 Å². The molecule has 1 aliphatic rings. The maximum Gasteiger partial charge on any atom is 0.309 e. The van der Waals surface area contributed by atoms with E-state index in [4.69, 9.17) is 0 Å². The molecule has 1 fully saturated rings. The zero-order valence-corrected chi connectivity index (χ0v) is 5.64. The number of carbonyl (C=O) groups is 2. The van der Waals surface area contributed by atoms with Crippen molar-refractivity contribution in [3.63, 3.8) is 0 Å². The van der Waals surface area contributed by atoms with E-state index in [1.807, 2.05) is 0 Å². The second-order valence-corrected chi connectivity index (χ2v) is 1.51. The zero-order chi connectivity index (χ0) is 5.98. The van der Waals surface area contributed by atoms with E-state index in [0.717, 1.165) is 0 Å². The average Bonchev–Trinajstić information content (AvgIpc) is 1.77. The Morgan fingerprint density at radius 2 is 1.20 bits per heavy atom. The molecule has 8 N–H and O–H groups in total. The largest absolute Gasteiger partial charge is 0.346 e. The highest BCUT2D eigenvalue weighted by Crippen LogP contribution is 1.73. The third-order valence-electron chi connectivity index (χ3n) is 0.902. The van der Waals surface area contributed by atoms with Gasteiger partial charge in [0.15, 0.2) is 0 Å². The highest BCUT2D eigenvalue weighted by Gasteiger charge is 2.15. The molecule has 0 aliphatic carbocycles. The predicted octanol–water partition coefficient (Wildman–Crippen LogP) is -1.44. The molecule has 1 aliphatic heterocycles. The Labute approximate surface area is 58.5 Å². The molecule has 0 saturated carbocycles. The van der Waals surface area contributed by atoms with Gasteiger partial charge in [-0.3, -0.25) is 9.59 Å². The minimum Gasteiger partial charge on any atom is -0.346 e. The van der Waals surface area contributed by atoms with Crippen LogP contribution in [0.5, 0.6) is 0 Å². The highest BCUT2D eigenvalue weighted by atomic mass is 16.2. The van der Waals surface area contributed by atoms with E-state index < -0.39 is 11.8 Å². The number of nitrogens with one attached hydrogen (secondary N) is 2. The fourth-order valence-corrected chi connectivity index (χ4v) is 0.513. The van der Waals surface area contributed by atoms with Gasteiger partial charge in [0.2, 0.25) is 0 Å². The molecule has 0 spiro atoms. The van der Waals surface area contributed by atoms with E-state index in [1.54, 1.807) is 0 Å². The maximum atomic E-state index is 10.3. The Hall–Kier alpha value is -1.14. The molecule has 10 heavy (non-hydrogen) atoms. The van der Waals surface area contributed by atoms with Gasteiger partial charge in [0.25, 0.3) is 0 Å². The van der Waals surface area contributed by atoms with Gasteiger partial charge in [-0.2, -0.15) is 0 Å². The first kappa shape index (κ1) is 11.6. The van der Waals surface area contributed by atoms with Crippen LogP contribution in [0.4, 0.5) is 0 Å². The molecular formula is C4H12N4O2. The summed E-state index contributed by atoms with van der Waals surface area (Å²) in [5.41, 5.74) is 0. The van der Waals surface area contributed by atoms with Crippen molar-refractivity contribution in [3.05, 3.63) is 0 Å². The molecule has 0 atom stereocenters. The molecule has 1 rings (SSSR count). The van der Waals surface area contributed by atoms with Crippen LogP contribution in [0.25, 0.3) is 0 Å². The second kappa shape index (κ2) is 4.71. The van der Waals surface area contributed by atoms with E-state index in [1.165, 1.54) is 0 Å². The summed E-state index contributed by atoms with van der Waals surface area (Å²) in [6.07, 6.45) is 0. The van der Waals surface area contributed by atoms with Crippen molar-refractivity contribution >= 4 is 11.8 Å². The molecule has 0 unspecified atom stereocenters. The monoisotopic (exact) mass is 148 g/mol. The third kappa shape index (κ3) is 2.42. The van der Waals surface area contributed by atoms with Crippen LogP contribution in [0.3, 0.4) is 0 Å². The Morgan fingerprint density at radius 1 is 0.900 bits per heavy atom. The van der Waals surface area contributed by atoms with Gasteiger partial charge in [0.05, 0.1) is 0 Å². The molecule has 6 nitrogen and oxygen atoms in total. The van der Waals surface area contributed by atoms with Crippen LogP contribution < -0.4 is 22.9 Å². The Kier molecular flexibility index (Phi) is 5.48. The van der Waals surface area contributed by atoms with E-state index >= 15 is 0 Å². The smallest absolute Gasteiger partial charge is 0.309 e. The molecule has 60 valence electrons. The first-order valence-corrected chi connectivity index (χ1v) is 2.37.